The number of nitrogens with zero attached hydrogens (tertiary/aromatic N) is 7. The molecule has 0 aliphatic carbocycles. The van der Waals surface area contributed by atoms with Crippen LogP contribution >= 0.6 is 0 Å². The van der Waals surface area contributed by atoms with Crippen molar-refractivity contribution in [1.29, 1.82) is 0 Å². The highest BCUT2D eigenvalue weighted by molar-refractivity contribution is 6.11. The summed E-state index contributed by atoms with van der Waals surface area (Å²) in [5.41, 5.74) is 1.63. The third-order valence-corrected chi connectivity index (χ3v) is 5.08. The van der Waals surface area contributed by atoms with Crippen LogP contribution in [-0.2, 0) is 11.8 Å². The molecule has 11 heteroatoms. The van der Waals surface area contributed by atoms with Gasteiger partial charge < -0.3 is 19.9 Å². The lowest BCUT2D eigenvalue weighted by molar-refractivity contribution is 0.0796. The Balaban J connectivity index is 1.56. The fraction of sp³-hybridized carbons (Fsp3) is 0.421. The fourth-order valence-corrected chi connectivity index (χ4v) is 3.25. The first kappa shape index (κ1) is 19.8. The predicted molar refractivity (Wildman–Crippen MR) is 110 cm³/mol. The number of hydrogen-bond acceptors (Lipinski definition) is 7. The molecule has 11 nitrogen and oxygen atoms in total. The van der Waals surface area contributed by atoms with Gasteiger partial charge in [-0.2, -0.15) is 10.1 Å². The van der Waals surface area contributed by atoms with Crippen LogP contribution in [0.25, 0.3) is 5.65 Å². The molecule has 0 atom stereocenters. The predicted octanol–water partition coefficient (Wildman–Crippen LogP) is 0.644. The number of carbonyl (C=O) groups excluding carboxylic acids is 2. The summed E-state index contributed by atoms with van der Waals surface area (Å²) < 4.78 is 8.43. The molecule has 1 saturated heterocycles. The van der Waals surface area contributed by atoms with Gasteiger partial charge in [-0.15, -0.1) is 5.10 Å². The van der Waals surface area contributed by atoms with Gasteiger partial charge in [-0.3, -0.25) is 14.3 Å². The van der Waals surface area contributed by atoms with Gasteiger partial charge in [0.1, 0.15) is 5.69 Å². The van der Waals surface area contributed by atoms with Gasteiger partial charge in [0.15, 0.2) is 5.65 Å². The minimum Gasteiger partial charge on any atom is -0.378 e. The van der Waals surface area contributed by atoms with Crippen molar-refractivity contribution < 1.29 is 14.3 Å². The van der Waals surface area contributed by atoms with Crippen LogP contribution in [0, 0.1) is 0 Å². The van der Waals surface area contributed by atoms with E-state index in [-0.39, 0.29) is 17.2 Å². The van der Waals surface area contributed by atoms with E-state index >= 15 is 0 Å². The number of carbonyl (C=O) groups is 2. The minimum absolute atomic E-state index is 0.204. The number of aromatic nitrogens is 5. The molecule has 158 valence electrons. The highest BCUT2D eigenvalue weighted by Gasteiger charge is 2.24. The number of pyridine rings is 1. The Bertz CT molecular complexity index is 1080. The van der Waals surface area contributed by atoms with E-state index in [1.54, 1.807) is 36.9 Å². The molecule has 0 saturated carbocycles. The first-order chi connectivity index (χ1) is 14.5. The summed E-state index contributed by atoms with van der Waals surface area (Å²) in [5.74, 6) is -0.0390. The largest absolute Gasteiger partial charge is 0.378 e. The Kier molecular flexibility index (Phi) is 5.36. The van der Waals surface area contributed by atoms with Crippen molar-refractivity contribution in [2.75, 3.05) is 50.1 Å². The summed E-state index contributed by atoms with van der Waals surface area (Å²) in [5, 5.41) is 11.4. The summed E-state index contributed by atoms with van der Waals surface area (Å²) in [6.45, 7) is 5.18. The van der Waals surface area contributed by atoms with E-state index < -0.39 is 5.91 Å². The van der Waals surface area contributed by atoms with Crippen molar-refractivity contribution in [3.05, 3.63) is 35.8 Å². The van der Waals surface area contributed by atoms with Crippen molar-refractivity contribution in [3.63, 3.8) is 0 Å². The topological polar surface area (TPSA) is 110 Å². The zero-order valence-electron chi connectivity index (χ0n) is 17.2. The molecular formula is C19H24N8O3. The summed E-state index contributed by atoms with van der Waals surface area (Å²) in [7, 11) is 3.32. The van der Waals surface area contributed by atoms with E-state index in [1.807, 2.05) is 6.92 Å². The quantitative estimate of drug-likeness (QED) is 0.655. The van der Waals surface area contributed by atoms with Crippen molar-refractivity contribution in [2.45, 2.75) is 6.92 Å². The second-order valence-electron chi connectivity index (χ2n) is 7.03. The number of aryl methyl sites for hydroxylation is 1. The molecule has 1 aliphatic rings. The number of fused-ring (bicyclic) bond motifs is 1. The molecule has 3 aromatic rings. The molecule has 3 aromatic heterocycles. The van der Waals surface area contributed by atoms with Crippen LogP contribution < -0.4 is 10.2 Å². The standard InChI is InChI=1S/C19H24N8O3/c1-4-24(2)18(29)14-12-20-25(3)16(14)17(28)21-13-5-6-27-15(11-13)22-19(23-27)26-7-9-30-10-8-26/h5-6,11-12H,4,7-10H2,1-3H3,(H,21,28). The second kappa shape index (κ2) is 8.11. The van der Waals surface area contributed by atoms with E-state index in [0.717, 1.165) is 13.1 Å². The van der Waals surface area contributed by atoms with E-state index in [0.29, 0.717) is 37.0 Å². The molecule has 0 aromatic carbocycles. The maximum Gasteiger partial charge on any atom is 0.274 e. The third kappa shape index (κ3) is 3.71. The van der Waals surface area contributed by atoms with Gasteiger partial charge >= 0.3 is 0 Å². The molecule has 4 rings (SSSR count). The molecule has 2 amide bonds. The molecule has 0 radical (unpaired) electrons. The molecular weight excluding hydrogens is 388 g/mol. The molecule has 4 heterocycles. The van der Waals surface area contributed by atoms with Gasteiger partial charge in [0.25, 0.3) is 11.8 Å². The number of amides is 2. The van der Waals surface area contributed by atoms with Crippen LogP contribution in [0.1, 0.15) is 27.8 Å². The van der Waals surface area contributed by atoms with Gasteiger partial charge in [-0.1, -0.05) is 0 Å². The average molecular weight is 412 g/mol. The van der Waals surface area contributed by atoms with Crippen LogP contribution in [-0.4, -0.2) is 81.0 Å². The number of rotatable bonds is 5. The van der Waals surface area contributed by atoms with Crippen molar-refractivity contribution >= 4 is 29.1 Å². The number of anilines is 2. The van der Waals surface area contributed by atoms with Crippen LogP contribution in [0.4, 0.5) is 11.6 Å². The van der Waals surface area contributed by atoms with Gasteiger partial charge in [-0.25, -0.2) is 4.52 Å². The SMILES string of the molecule is CCN(C)C(=O)c1cnn(C)c1C(=O)Nc1ccn2nc(N3CCOCC3)nc2c1. The molecule has 0 bridgehead atoms. The van der Waals surface area contributed by atoms with Crippen LogP contribution in [0.2, 0.25) is 0 Å². The van der Waals surface area contributed by atoms with Crippen molar-refractivity contribution in [2.24, 2.45) is 7.05 Å². The normalized spacial score (nSPS) is 14.2. The third-order valence-electron chi connectivity index (χ3n) is 5.08. The maximum atomic E-state index is 12.9. The lowest BCUT2D eigenvalue weighted by Crippen LogP contribution is -2.36. The van der Waals surface area contributed by atoms with Crippen molar-refractivity contribution in [3.8, 4) is 0 Å². The lowest BCUT2D eigenvalue weighted by atomic mass is 10.2. The number of nitrogens with one attached hydrogen (secondary N) is 1. The number of ether oxygens (including phenoxy) is 1. The molecule has 1 aliphatic heterocycles. The van der Waals surface area contributed by atoms with Crippen LogP contribution in [0.15, 0.2) is 24.5 Å². The molecule has 0 unspecified atom stereocenters. The van der Waals surface area contributed by atoms with Gasteiger partial charge in [0.2, 0.25) is 5.95 Å². The summed E-state index contributed by atoms with van der Waals surface area (Å²) in [6, 6.07) is 3.48. The average Bonchev–Trinajstić information content (AvgIpc) is 3.36. The van der Waals surface area contributed by atoms with E-state index in [1.165, 1.54) is 15.8 Å². The highest BCUT2D eigenvalue weighted by Crippen LogP contribution is 2.18. The van der Waals surface area contributed by atoms with Gasteiger partial charge in [-0.05, 0) is 13.0 Å². The number of morpholine rings is 1. The van der Waals surface area contributed by atoms with Gasteiger partial charge in [0, 0.05) is 51.7 Å². The Morgan fingerprint density at radius 1 is 1.30 bits per heavy atom. The van der Waals surface area contributed by atoms with Crippen LogP contribution in [0.3, 0.4) is 0 Å². The number of hydrogen-bond donors (Lipinski definition) is 1. The summed E-state index contributed by atoms with van der Waals surface area (Å²) >= 11 is 0. The summed E-state index contributed by atoms with van der Waals surface area (Å²) in [6.07, 6.45) is 3.15. The monoisotopic (exact) mass is 412 g/mol. The molecule has 1 N–H and O–H groups in total. The molecule has 0 spiro atoms. The van der Waals surface area contributed by atoms with Crippen LogP contribution in [0.5, 0.6) is 0 Å². The first-order valence-electron chi connectivity index (χ1n) is 9.76. The Morgan fingerprint density at radius 2 is 2.07 bits per heavy atom. The van der Waals surface area contributed by atoms with E-state index in [2.05, 4.69) is 25.4 Å². The maximum absolute atomic E-state index is 12.9. The van der Waals surface area contributed by atoms with E-state index in [9.17, 15) is 9.59 Å². The second-order valence-corrected chi connectivity index (χ2v) is 7.03. The minimum atomic E-state index is -0.417. The van der Waals surface area contributed by atoms with E-state index in [4.69, 9.17) is 4.74 Å². The Morgan fingerprint density at radius 3 is 2.80 bits per heavy atom. The zero-order valence-corrected chi connectivity index (χ0v) is 17.2. The van der Waals surface area contributed by atoms with Gasteiger partial charge in [0.05, 0.1) is 25.0 Å². The Labute approximate surface area is 173 Å². The lowest BCUT2D eigenvalue weighted by Gasteiger charge is -2.25. The smallest absolute Gasteiger partial charge is 0.274 e. The molecule has 30 heavy (non-hydrogen) atoms. The zero-order chi connectivity index (χ0) is 21.3. The molecule has 1 fully saturated rings. The first-order valence-corrected chi connectivity index (χ1v) is 9.76. The fourth-order valence-electron chi connectivity index (χ4n) is 3.25. The Hall–Kier alpha value is -3.47. The van der Waals surface area contributed by atoms with Crippen molar-refractivity contribution in [1.82, 2.24) is 29.3 Å². The summed E-state index contributed by atoms with van der Waals surface area (Å²) in [4.78, 5) is 33.6. The highest BCUT2D eigenvalue weighted by atomic mass is 16.5.